The normalized spacial score (nSPS) is 40.3. The third-order valence-electron chi connectivity index (χ3n) is 7.62. The van der Waals surface area contributed by atoms with Crippen molar-refractivity contribution in [3.63, 3.8) is 0 Å². The van der Waals surface area contributed by atoms with Crippen molar-refractivity contribution in [3.8, 4) is 0 Å². The van der Waals surface area contributed by atoms with Gasteiger partial charge in [-0.2, -0.15) is 0 Å². The second kappa shape index (κ2) is 8.02. The molecule has 1 unspecified atom stereocenters. The number of allylic oxidation sites excluding steroid dienone is 2. The molecular weight excluding hydrogens is 264 g/mol. The van der Waals surface area contributed by atoms with E-state index >= 15 is 0 Å². The molecule has 2 saturated carbocycles. The summed E-state index contributed by atoms with van der Waals surface area (Å²) < 4.78 is 0. The molecule has 0 N–H and O–H groups in total. The van der Waals surface area contributed by atoms with E-state index in [-0.39, 0.29) is 0 Å². The fourth-order valence-corrected chi connectivity index (χ4v) is 5.81. The maximum Gasteiger partial charge on any atom is -0.0317 e. The van der Waals surface area contributed by atoms with Gasteiger partial charge in [0.25, 0.3) is 0 Å². The van der Waals surface area contributed by atoms with Crippen LogP contribution >= 0.6 is 0 Å². The quantitative estimate of drug-likeness (QED) is 0.484. The van der Waals surface area contributed by atoms with E-state index in [1.165, 1.54) is 44.9 Å². The molecule has 3 aliphatic rings. The van der Waals surface area contributed by atoms with E-state index in [1.54, 1.807) is 44.1 Å². The molecule has 22 heavy (non-hydrogen) atoms. The van der Waals surface area contributed by atoms with Crippen LogP contribution in [0.1, 0.15) is 97.3 Å². The van der Waals surface area contributed by atoms with Gasteiger partial charge >= 0.3 is 0 Å². The van der Waals surface area contributed by atoms with Gasteiger partial charge in [0.05, 0.1) is 0 Å². The monoisotopic (exact) mass is 302 g/mol. The minimum Gasteiger partial charge on any atom is -0.0851 e. The maximum atomic E-state index is 2.59. The summed E-state index contributed by atoms with van der Waals surface area (Å²) in [5.41, 5.74) is 1.73. The van der Waals surface area contributed by atoms with Crippen molar-refractivity contribution in [1.29, 1.82) is 0 Å². The molecular formula is C22H38. The zero-order valence-electron chi connectivity index (χ0n) is 15.2. The molecule has 0 aromatic rings. The number of rotatable bonds is 4. The third kappa shape index (κ3) is 3.98. The highest BCUT2D eigenvalue weighted by Gasteiger charge is 2.33. The van der Waals surface area contributed by atoms with E-state index < -0.39 is 0 Å². The van der Waals surface area contributed by atoms with Gasteiger partial charge in [0, 0.05) is 0 Å². The van der Waals surface area contributed by atoms with Gasteiger partial charge in [-0.25, -0.2) is 0 Å². The Labute approximate surface area is 139 Å². The van der Waals surface area contributed by atoms with Crippen LogP contribution in [0.5, 0.6) is 0 Å². The van der Waals surface area contributed by atoms with Crippen LogP contribution in [0.2, 0.25) is 0 Å². The second-order valence-electron chi connectivity index (χ2n) is 8.61. The van der Waals surface area contributed by atoms with Crippen LogP contribution < -0.4 is 0 Å². The second-order valence-corrected chi connectivity index (χ2v) is 8.61. The standard InChI is InChI=1S/C22H38/c1-3-17-5-9-19(10-6-17)21-13-15-22(16-14-21)20-11-7-18(4-2)8-12-20/h5,18-22H,3-4,6-16H2,1-2H3. The van der Waals surface area contributed by atoms with E-state index in [9.17, 15) is 0 Å². The lowest BCUT2D eigenvalue weighted by Crippen LogP contribution is -2.28. The first-order chi connectivity index (χ1) is 10.8. The molecule has 0 aliphatic heterocycles. The fourth-order valence-electron chi connectivity index (χ4n) is 5.81. The lowest BCUT2D eigenvalue weighted by atomic mass is 9.66. The largest absolute Gasteiger partial charge is 0.0851 e. The number of hydrogen-bond acceptors (Lipinski definition) is 0. The van der Waals surface area contributed by atoms with Crippen molar-refractivity contribution in [2.24, 2.45) is 29.6 Å². The predicted octanol–water partition coefficient (Wildman–Crippen LogP) is 7.15. The Bertz CT molecular complexity index is 350. The summed E-state index contributed by atoms with van der Waals surface area (Å²) >= 11 is 0. The van der Waals surface area contributed by atoms with E-state index in [1.807, 2.05) is 0 Å². The first-order valence-electron chi connectivity index (χ1n) is 10.5. The van der Waals surface area contributed by atoms with Crippen molar-refractivity contribution < 1.29 is 0 Å². The molecule has 0 radical (unpaired) electrons. The molecule has 1 atom stereocenters. The van der Waals surface area contributed by atoms with Gasteiger partial charge in [0.15, 0.2) is 0 Å². The molecule has 2 fully saturated rings. The molecule has 126 valence electrons. The first-order valence-corrected chi connectivity index (χ1v) is 10.5. The Morgan fingerprint density at radius 3 is 1.73 bits per heavy atom. The molecule has 0 spiro atoms. The molecule has 3 aliphatic carbocycles. The zero-order chi connectivity index (χ0) is 15.4. The molecule has 0 heteroatoms. The highest BCUT2D eigenvalue weighted by molar-refractivity contribution is 5.06. The zero-order valence-corrected chi connectivity index (χ0v) is 15.2. The summed E-state index contributed by atoms with van der Waals surface area (Å²) in [5.74, 6) is 5.36. The van der Waals surface area contributed by atoms with Crippen molar-refractivity contribution in [2.75, 3.05) is 0 Å². The summed E-state index contributed by atoms with van der Waals surface area (Å²) in [5, 5.41) is 0. The summed E-state index contributed by atoms with van der Waals surface area (Å²) in [6.45, 7) is 4.71. The van der Waals surface area contributed by atoms with E-state index in [0.717, 1.165) is 29.6 Å². The van der Waals surface area contributed by atoms with Crippen LogP contribution in [-0.2, 0) is 0 Å². The SMILES string of the molecule is CCC1=CCC(C2CCC(C3CCC(CC)CC3)CC2)CC1. The van der Waals surface area contributed by atoms with Gasteiger partial charge in [-0.1, -0.05) is 44.8 Å². The Balaban J connectivity index is 1.42. The average Bonchev–Trinajstić information content (AvgIpc) is 2.62. The van der Waals surface area contributed by atoms with Crippen LogP contribution in [0.4, 0.5) is 0 Å². The minimum atomic E-state index is 1.03. The summed E-state index contributed by atoms with van der Waals surface area (Å²) in [4.78, 5) is 0. The van der Waals surface area contributed by atoms with Crippen LogP contribution in [-0.4, -0.2) is 0 Å². The van der Waals surface area contributed by atoms with Crippen LogP contribution in [0.3, 0.4) is 0 Å². The van der Waals surface area contributed by atoms with Gasteiger partial charge < -0.3 is 0 Å². The molecule has 3 rings (SSSR count). The van der Waals surface area contributed by atoms with Gasteiger partial charge in [-0.15, -0.1) is 0 Å². The maximum absolute atomic E-state index is 2.59. The van der Waals surface area contributed by atoms with Crippen LogP contribution in [0.15, 0.2) is 11.6 Å². The molecule has 0 nitrogen and oxygen atoms in total. The Morgan fingerprint density at radius 2 is 1.27 bits per heavy atom. The van der Waals surface area contributed by atoms with Gasteiger partial charge in [-0.3, -0.25) is 0 Å². The summed E-state index contributed by atoms with van der Waals surface area (Å²) in [7, 11) is 0. The van der Waals surface area contributed by atoms with Gasteiger partial charge in [0.2, 0.25) is 0 Å². The third-order valence-corrected chi connectivity index (χ3v) is 7.62. The molecule has 0 aromatic carbocycles. The molecule has 0 saturated heterocycles. The first kappa shape index (κ1) is 16.6. The van der Waals surface area contributed by atoms with Crippen molar-refractivity contribution in [1.82, 2.24) is 0 Å². The Kier molecular flexibility index (Phi) is 6.05. The van der Waals surface area contributed by atoms with E-state index in [0.29, 0.717) is 0 Å². The van der Waals surface area contributed by atoms with E-state index in [4.69, 9.17) is 0 Å². The summed E-state index contributed by atoms with van der Waals surface area (Å²) in [6.07, 6.45) is 22.0. The van der Waals surface area contributed by atoms with Gasteiger partial charge in [-0.05, 0) is 93.8 Å². The topological polar surface area (TPSA) is 0 Å². The lowest BCUT2D eigenvalue weighted by molar-refractivity contribution is 0.121. The minimum absolute atomic E-state index is 1.03. The van der Waals surface area contributed by atoms with Crippen molar-refractivity contribution in [3.05, 3.63) is 11.6 Å². The Morgan fingerprint density at radius 1 is 0.727 bits per heavy atom. The van der Waals surface area contributed by atoms with Crippen molar-refractivity contribution in [2.45, 2.75) is 97.3 Å². The van der Waals surface area contributed by atoms with Gasteiger partial charge in [0.1, 0.15) is 0 Å². The van der Waals surface area contributed by atoms with E-state index in [2.05, 4.69) is 19.9 Å². The van der Waals surface area contributed by atoms with Crippen molar-refractivity contribution >= 4 is 0 Å². The van der Waals surface area contributed by atoms with Crippen LogP contribution in [0.25, 0.3) is 0 Å². The highest BCUT2D eigenvalue weighted by atomic mass is 14.4. The average molecular weight is 303 g/mol. The highest BCUT2D eigenvalue weighted by Crippen LogP contribution is 2.45. The smallest absolute Gasteiger partial charge is 0.0317 e. The van der Waals surface area contributed by atoms with Crippen LogP contribution in [0, 0.1) is 29.6 Å². The molecule has 0 amide bonds. The lowest BCUT2D eigenvalue weighted by Gasteiger charge is -2.40. The Hall–Kier alpha value is -0.260. The fraction of sp³-hybridized carbons (Fsp3) is 0.909. The molecule has 0 bridgehead atoms. The predicted molar refractivity (Wildman–Crippen MR) is 96.9 cm³/mol. The molecule has 0 aromatic heterocycles. The molecule has 0 heterocycles. The number of hydrogen-bond donors (Lipinski definition) is 0. The summed E-state index contributed by atoms with van der Waals surface area (Å²) in [6, 6.07) is 0.